The van der Waals surface area contributed by atoms with Crippen molar-refractivity contribution in [1.82, 2.24) is 14.7 Å². The number of rotatable bonds is 5. The van der Waals surface area contributed by atoms with Crippen molar-refractivity contribution in [2.24, 2.45) is 11.8 Å². The van der Waals surface area contributed by atoms with Crippen molar-refractivity contribution < 1.29 is 32.3 Å². The molecule has 3 aliphatic rings. The van der Waals surface area contributed by atoms with Gasteiger partial charge in [-0.25, -0.2) is 4.79 Å². The first-order valence-electron chi connectivity index (χ1n) is 14.5. The van der Waals surface area contributed by atoms with Crippen LogP contribution in [0.5, 0.6) is 0 Å². The second-order valence-electron chi connectivity index (χ2n) is 11.5. The Morgan fingerprint density at radius 2 is 1.44 bits per heavy atom. The highest BCUT2D eigenvalue weighted by Crippen LogP contribution is 2.37. The standard InChI is InChI=1S/C31H34Cl2F3N3O4/c1-43-30(42)38-13-9-24(10-14-38)39-15-6-21(29(39)41)16-25-26(32)17-22(18-27(25)33)19-2-4-20(5-3-19)28(40)37-11-7-23(8-12-37)31(34,35)36/h2-5,17-18,21,23-24H,6-16H2,1H3/t21-/m1/s1. The van der Waals surface area contributed by atoms with Gasteiger partial charge >= 0.3 is 12.3 Å². The summed E-state index contributed by atoms with van der Waals surface area (Å²) in [6, 6.07) is 10.5. The van der Waals surface area contributed by atoms with Gasteiger partial charge in [0.15, 0.2) is 0 Å². The van der Waals surface area contributed by atoms with Crippen LogP contribution in [0.25, 0.3) is 11.1 Å². The van der Waals surface area contributed by atoms with E-state index in [2.05, 4.69) is 0 Å². The number of carbonyl (C=O) groups excluding carboxylic acids is 3. The summed E-state index contributed by atoms with van der Waals surface area (Å²) in [5.41, 5.74) is 2.65. The lowest BCUT2D eigenvalue weighted by atomic mass is 9.94. The molecular weight excluding hydrogens is 606 g/mol. The van der Waals surface area contributed by atoms with E-state index in [1.54, 1.807) is 41.3 Å². The van der Waals surface area contributed by atoms with E-state index in [1.165, 1.54) is 12.0 Å². The molecule has 12 heteroatoms. The van der Waals surface area contributed by atoms with Gasteiger partial charge in [0.25, 0.3) is 5.91 Å². The highest BCUT2D eigenvalue weighted by atomic mass is 35.5. The maximum absolute atomic E-state index is 13.3. The van der Waals surface area contributed by atoms with E-state index in [0.717, 1.165) is 11.1 Å². The minimum absolute atomic E-state index is 0.0767. The number of hydrogen-bond acceptors (Lipinski definition) is 4. The Labute approximate surface area is 258 Å². The maximum Gasteiger partial charge on any atom is 0.409 e. The number of nitrogens with zero attached hydrogens (tertiary/aromatic N) is 3. The largest absolute Gasteiger partial charge is 0.453 e. The highest BCUT2D eigenvalue weighted by Gasteiger charge is 2.42. The third-order valence-corrected chi connectivity index (χ3v) is 9.67. The number of likely N-dealkylation sites (tertiary alicyclic amines) is 3. The summed E-state index contributed by atoms with van der Waals surface area (Å²) in [5.74, 6) is -1.80. The van der Waals surface area contributed by atoms with Crippen molar-refractivity contribution in [2.75, 3.05) is 39.8 Å². The van der Waals surface area contributed by atoms with E-state index in [-0.39, 0.29) is 55.8 Å². The van der Waals surface area contributed by atoms with Crippen molar-refractivity contribution in [1.29, 1.82) is 0 Å². The molecule has 0 saturated carbocycles. The van der Waals surface area contributed by atoms with Crippen LogP contribution < -0.4 is 0 Å². The smallest absolute Gasteiger partial charge is 0.409 e. The van der Waals surface area contributed by atoms with Crippen molar-refractivity contribution in [3.05, 3.63) is 57.6 Å². The quantitative estimate of drug-likeness (QED) is 0.365. The molecule has 43 heavy (non-hydrogen) atoms. The molecule has 232 valence electrons. The zero-order valence-electron chi connectivity index (χ0n) is 23.8. The number of alkyl halides is 3. The Morgan fingerprint density at radius 3 is 2.00 bits per heavy atom. The van der Waals surface area contributed by atoms with Crippen molar-refractivity contribution in [3.63, 3.8) is 0 Å². The van der Waals surface area contributed by atoms with Gasteiger partial charge in [0.05, 0.1) is 13.0 Å². The Hall–Kier alpha value is -2.98. The SMILES string of the molecule is COC(=O)N1CCC(N2CC[C@H](Cc3c(Cl)cc(-c4ccc(C(=O)N5CCC(C(F)(F)F)CC5)cc4)cc3Cl)C2=O)CC1. The Bertz CT molecular complexity index is 1330. The van der Waals surface area contributed by atoms with Gasteiger partial charge in [-0.2, -0.15) is 13.2 Å². The third-order valence-electron chi connectivity index (χ3n) is 8.99. The molecule has 0 aliphatic carbocycles. The summed E-state index contributed by atoms with van der Waals surface area (Å²) in [5, 5.41) is 0.903. The molecule has 3 fully saturated rings. The van der Waals surface area contributed by atoms with Crippen LogP contribution in [-0.2, 0) is 16.0 Å². The van der Waals surface area contributed by atoms with E-state index in [4.69, 9.17) is 27.9 Å². The summed E-state index contributed by atoms with van der Waals surface area (Å²) in [6.45, 7) is 1.92. The number of methoxy groups -OCH3 is 1. The van der Waals surface area contributed by atoms with E-state index >= 15 is 0 Å². The van der Waals surface area contributed by atoms with Gasteiger partial charge in [-0.1, -0.05) is 35.3 Å². The fourth-order valence-electron chi connectivity index (χ4n) is 6.41. The lowest BCUT2D eigenvalue weighted by Crippen LogP contribution is -2.47. The minimum Gasteiger partial charge on any atom is -0.453 e. The molecule has 3 heterocycles. The van der Waals surface area contributed by atoms with Crippen LogP contribution in [0.1, 0.15) is 48.0 Å². The van der Waals surface area contributed by atoms with Crippen molar-refractivity contribution in [2.45, 2.75) is 50.7 Å². The minimum atomic E-state index is -4.23. The number of hydrogen-bond donors (Lipinski definition) is 0. The average Bonchev–Trinajstić information content (AvgIpc) is 3.37. The average molecular weight is 641 g/mol. The number of piperidine rings is 2. The van der Waals surface area contributed by atoms with Crippen LogP contribution in [0, 0.1) is 11.8 Å². The fourth-order valence-corrected chi connectivity index (χ4v) is 7.05. The first-order chi connectivity index (χ1) is 20.5. The molecule has 0 unspecified atom stereocenters. The summed E-state index contributed by atoms with van der Waals surface area (Å²) < 4.78 is 43.7. The van der Waals surface area contributed by atoms with Crippen LogP contribution in [0.2, 0.25) is 10.0 Å². The first-order valence-corrected chi connectivity index (χ1v) is 15.3. The third kappa shape index (κ3) is 6.90. The molecule has 7 nitrogen and oxygen atoms in total. The van der Waals surface area contributed by atoms with Gasteiger partial charge in [-0.05, 0) is 79.5 Å². The molecule has 3 saturated heterocycles. The normalized spacial score (nSPS) is 20.6. The summed E-state index contributed by atoms with van der Waals surface area (Å²) >= 11 is 13.4. The summed E-state index contributed by atoms with van der Waals surface area (Å²) in [4.78, 5) is 43.0. The van der Waals surface area contributed by atoms with Crippen molar-refractivity contribution in [3.8, 4) is 11.1 Å². The zero-order chi connectivity index (χ0) is 30.9. The molecule has 0 bridgehead atoms. The Balaban J connectivity index is 1.19. The summed E-state index contributed by atoms with van der Waals surface area (Å²) in [6.07, 6.45) is -2.19. The number of amides is 3. The van der Waals surface area contributed by atoms with Gasteiger partial charge < -0.3 is 19.4 Å². The Morgan fingerprint density at radius 1 is 0.860 bits per heavy atom. The molecule has 2 aromatic rings. The van der Waals surface area contributed by atoms with Gasteiger partial charge in [0, 0.05) is 60.3 Å². The molecule has 0 radical (unpaired) electrons. The molecule has 0 aromatic heterocycles. The van der Waals surface area contributed by atoms with E-state index < -0.39 is 12.1 Å². The fraction of sp³-hybridized carbons (Fsp3) is 0.516. The number of halogens is 5. The van der Waals surface area contributed by atoms with E-state index in [9.17, 15) is 27.6 Å². The molecule has 1 atom stereocenters. The first kappa shape index (κ1) is 31.4. The van der Waals surface area contributed by atoms with E-state index in [0.29, 0.717) is 66.5 Å². The number of ether oxygens (including phenoxy) is 1. The Kier molecular flexibility index (Phi) is 9.46. The lowest BCUT2D eigenvalue weighted by molar-refractivity contribution is -0.183. The van der Waals surface area contributed by atoms with Crippen molar-refractivity contribution >= 4 is 41.1 Å². The van der Waals surface area contributed by atoms with Crippen LogP contribution in [0.3, 0.4) is 0 Å². The second kappa shape index (κ2) is 12.9. The van der Waals surface area contributed by atoms with Gasteiger partial charge in [-0.15, -0.1) is 0 Å². The number of carbonyl (C=O) groups is 3. The van der Waals surface area contributed by atoms with Crippen LogP contribution >= 0.6 is 23.2 Å². The van der Waals surface area contributed by atoms with Crippen LogP contribution in [0.15, 0.2) is 36.4 Å². The molecule has 2 aromatic carbocycles. The monoisotopic (exact) mass is 639 g/mol. The predicted molar refractivity (Wildman–Crippen MR) is 157 cm³/mol. The molecule has 3 aliphatic heterocycles. The molecule has 0 N–H and O–H groups in total. The van der Waals surface area contributed by atoms with Gasteiger partial charge in [-0.3, -0.25) is 9.59 Å². The predicted octanol–water partition coefficient (Wildman–Crippen LogP) is 6.70. The van der Waals surface area contributed by atoms with Gasteiger partial charge in [0.1, 0.15) is 0 Å². The second-order valence-corrected chi connectivity index (χ2v) is 12.3. The zero-order valence-corrected chi connectivity index (χ0v) is 25.4. The maximum atomic E-state index is 13.3. The molecule has 0 spiro atoms. The van der Waals surface area contributed by atoms with Crippen LogP contribution in [-0.4, -0.2) is 84.7 Å². The molecular formula is C31H34Cl2F3N3O4. The molecule has 3 amide bonds. The van der Waals surface area contributed by atoms with Gasteiger partial charge in [0.2, 0.25) is 5.91 Å². The topological polar surface area (TPSA) is 70.2 Å². The summed E-state index contributed by atoms with van der Waals surface area (Å²) in [7, 11) is 1.36. The molecule has 5 rings (SSSR count). The number of benzene rings is 2. The lowest BCUT2D eigenvalue weighted by Gasteiger charge is -2.36. The van der Waals surface area contributed by atoms with E-state index in [1.807, 2.05) is 4.90 Å². The highest BCUT2D eigenvalue weighted by molar-refractivity contribution is 6.36. The van der Waals surface area contributed by atoms with Crippen LogP contribution in [0.4, 0.5) is 18.0 Å².